The summed E-state index contributed by atoms with van der Waals surface area (Å²) in [5.74, 6) is 1.79. The largest absolute Gasteiger partial charge is 0.495 e. The van der Waals surface area contributed by atoms with E-state index in [4.69, 9.17) is 9.72 Å². The van der Waals surface area contributed by atoms with Crippen molar-refractivity contribution in [1.29, 1.82) is 0 Å². The third-order valence-corrected chi connectivity index (χ3v) is 4.11. The van der Waals surface area contributed by atoms with Crippen LogP contribution in [-0.2, 0) is 7.05 Å². The van der Waals surface area contributed by atoms with E-state index in [1.807, 2.05) is 37.4 Å². The number of benzene rings is 3. The lowest BCUT2D eigenvalue weighted by molar-refractivity contribution is 0.421. The summed E-state index contributed by atoms with van der Waals surface area (Å²) in [4.78, 5) is 4.78. The third-order valence-electron chi connectivity index (χ3n) is 4.11. The summed E-state index contributed by atoms with van der Waals surface area (Å²) in [6, 6.07) is 20.6. The van der Waals surface area contributed by atoms with Gasteiger partial charge in [-0.1, -0.05) is 42.5 Å². The Morgan fingerprint density at radius 3 is 2.50 bits per heavy atom. The number of rotatable bonds is 2. The van der Waals surface area contributed by atoms with Gasteiger partial charge >= 0.3 is 0 Å². The quantitative estimate of drug-likeness (QED) is 0.546. The van der Waals surface area contributed by atoms with E-state index in [0.717, 1.165) is 33.6 Å². The van der Waals surface area contributed by atoms with Crippen molar-refractivity contribution >= 4 is 21.8 Å². The molecule has 0 saturated carbocycles. The molecular formula is C19H16N2O. The zero-order valence-corrected chi connectivity index (χ0v) is 12.6. The second kappa shape index (κ2) is 4.88. The average molecular weight is 288 g/mol. The molecule has 4 rings (SSSR count). The number of imidazole rings is 1. The average Bonchev–Trinajstić information content (AvgIpc) is 2.91. The first-order valence-corrected chi connectivity index (χ1v) is 7.27. The van der Waals surface area contributed by atoms with Crippen molar-refractivity contribution in [3.63, 3.8) is 0 Å². The fourth-order valence-corrected chi connectivity index (χ4v) is 3.03. The molecule has 1 heterocycles. The molecule has 0 amide bonds. The summed E-state index contributed by atoms with van der Waals surface area (Å²) in [6.45, 7) is 0. The van der Waals surface area contributed by atoms with E-state index in [1.165, 1.54) is 5.39 Å². The van der Waals surface area contributed by atoms with Crippen LogP contribution < -0.4 is 4.74 Å². The lowest BCUT2D eigenvalue weighted by Gasteiger charge is -2.11. The van der Waals surface area contributed by atoms with Gasteiger partial charge in [-0.2, -0.15) is 0 Å². The molecule has 0 spiro atoms. The van der Waals surface area contributed by atoms with Crippen molar-refractivity contribution in [3.05, 3.63) is 60.7 Å². The normalized spacial score (nSPS) is 11.2. The van der Waals surface area contributed by atoms with Gasteiger partial charge in [0.15, 0.2) is 0 Å². The smallest absolute Gasteiger partial charge is 0.144 e. The van der Waals surface area contributed by atoms with Gasteiger partial charge in [-0.15, -0.1) is 0 Å². The number of methoxy groups -OCH3 is 1. The van der Waals surface area contributed by atoms with Gasteiger partial charge in [0.25, 0.3) is 0 Å². The van der Waals surface area contributed by atoms with E-state index in [0.29, 0.717) is 0 Å². The van der Waals surface area contributed by atoms with Crippen LogP contribution in [0.5, 0.6) is 5.75 Å². The zero-order valence-electron chi connectivity index (χ0n) is 12.6. The Bertz CT molecular complexity index is 985. The van der Waals surface area contributed by atoms with Gasteiger partial charge in [0, 0.05) is 12.4 Å². The van der Waals surface area contributed by atoms with Crippen molar-refractivity contribution in [1.82, 2.24) is 9.55 Å². The standard InChI is InChI=1S/C19H16N2O/c1-21-17-10-6-5-9-16(17)20-19(21)15-12-11-13-7-3-4-8-14(13)18(15)22-2/h3-12H,1-2H3. The summed E-state index contributed by atoms with van der Waals surface area (Å²) in [5.41, 5.74) is 3.13. The Morgan fingerprint density at radius 1 is 0.909 bits per heavy atom. The van der Waals surface area contributed by atoms with Crippen molar-refractivity contribution in [2.45, 2.75) is 0 Å². The summed E-state index contributed by atoms with van der Waals surface area (Å²) in [7, 11) is 3.76. The highest BCUT2D eigenvalue weighted by molar-refractivity contribution is 5.95. The van der Waals surface area contributed by atoms with Crippen molar-refractivity contribution in [2.24, 2.45) is 7.05 Å². The van der Waals surface area contributed by atoms with Gasteiger partial charge in [0.1, 0.15) is 11.6 Å². The first-order chi connectivity index (χ1) is 10.8. The van der Waals surface area contributed by atoms with Crippen LogP contribution in [0.4, 0.5) is 0 Å². The van der Waals surface area contributed by atoms with Gasteiger partial charge < -0.3 is 9.30 Å². The molecule has 0 aliphatic heterocycles. The van der Waals surface area contributed by atoms with E-state index >= 15 is 0 Å². The topological polar surface area (TPSA) is 27.1 Å². The Labute approximate surface area is 128 Å². The maximum Gasteiger partial charge on any atom is 0.144 e. The van der Waals surface area contributed by atoms with Gasteiger partial charge in [0.05, 0.1) is 23.7 Å². The van der Waals surface area contributed by atoms with Gasteiger partial charge in [0.2, 0.25) is 0 Å². The van der Waals surface area contributed by atoms with Crippen LogP contribution >= 0.6 is 0 Å². The molecule has 4 aromatic rings. The predicted octanol–water partition coefficient (Wildman–Crippen LogP) is 4.40. The molecule has 0 saturated heterocycles. The molecule has 3 heteroatoms. The van der Waals surface area contributed by atoms with Crippen molar-refractivity contribution in [2.75, 3.05) is 7.11 Å². The molecule has 0 unspecified atom stereocenters. The molecule has 0 aliphatic rings. The van der Waals surface area contributed by atoms with Crippen LogP contribution in [0, 0.1) is 0 Å². The number of fused-ring (bicyclic) bond motifs is 2. The van der Waals surface area contributed by atoms with E-state index < -0.39 is 0 Å². The van der Waals surface area contributed by atoms with E-state index in [1.54, 1.807) is 7.11 Å². The van der Waals surface area contributed by atoms with E-state index in [2.05, 4.69) is 34.9 Å². The molecule has 1 aromatic heterocycles. The molecule has 108 valence electrons. The Kier molecular flexibility index (Phi) is 2.86. The molecule has 3 nitrogen and oxygen atoms in total. The van der Waals surface area contributed by atoms with Crippen LogP contribution in [0.1, 0.15) is 0 Å². The highest BCUT2D eigenvalue weighted by Gasteiger charge is 2.15. The highest BCUT2D eigenvalue weighted by Crippen LogP contribution is 2.37. The number of hydrogen-bond acceptors (Lipinski definition) is 2. The molecule has 0 atom stereocenters. The summed E-state index contributed by atoms with van der Waals surface area (Å²) >= 11 is 0. The monoisotopic (exact) mass is 288 g/mol. The highest BCUT2D eigenvalue weighted by atomic mass is 16.5. The van der Waals surface area contributed by atoms with Gasteiger partial charge in [-0.3, -0.25) is 0 Å². The second-order valence-corrected chi connectivity index (χ2v) is 5.35. The van der Waals surface area contributed by atoms with Crippen molar-refractivity contribution in [3.8, 4) is 17.1 Å². The lowest BCUT2D eigenvalue weighted by Crippen LogP contribution is -1.96. The molecule has 22 heavy (non-hydrogen) atoms. The third kappa shape index (κ3) is 1.79. The van der Waals surface area contributed by atoms with Gasteiger partial charge in [-0.25, -0.2) is 4.98 Å². The molecule has 0 radical (unpaired) electrons. The zero-order chi connectivity index (χ0) is 15.1. The Balaban J connectivity index is 2.06. The summed E-state index contributed by atoms with van der Waals surface area (Å²) in [5, 5.41) is 2.27. The minimum atomic E-state index is 0.872. The number of ether oxygens (including phenoxy) is 1. The summed E-state index contributed by atoms with van der Waals surface area (Å²) < 4.78 is 7.82. The fourth-order valence-electron chi connectivity index (χ4n) is 3.03. The molecule has 3 aromatic carbocycles. The number of aryl methyl sites for hydroxylation is 1. The minimum Gasteiger partial charge on any atom is -0.495 e. The molecule has 0 fully saturated rings. The van der Waals surface area contributed by atoms with Crippen LogP contribution in [0.15, 0.2) is 60.7 Å². The number of hydrogen-bond donors (Lipinski definition) is 0. The minimum absolute atomic E-state index is 0.872. The van der Waals surface area contributed by atoms with Gasteiger partial charge in [-0.05, 0) is 23.6 Å². The van der Waals surface area contributed by atoms with Crippen LogP contribution in [0.25, 0.3) is 33.2 Å². The van der Waals surface area contributed by atoms with Crippen molar-refractivity contribution < 1.29 is 4.74 Å². The fraction of sp³-hybridized carbons (Fsp3) is 0.105. The number of para-hydroxylation sites is 2. The number of aromatic nitrogens is 2. The van der Waals surface area contributed by atoms with E-state index in [-0.39, 0.29) is 0 Å². The van der Waals surface area contributed by atoms with Crippen LogP contribution in [-0.4, -0.2) is 16.7 Å². The number of nitrogens with zero attached hydrogens (tertiary/aromatic N) is 2. The summed E-state index contributed by atoms with van der Waals surface area (Å²) in [6.07, 6.45) is 0. The van der Waals surface area contributed by atoms with Crippen LogP contribution in [0.2, 0.25) is 0 Å². The Morgan fingerprint density at radius 2 is 1.68 bits per heavy atom. The SMILES string of the molecule is COc1c(-c2nc3ccccc3n2C)ccc2ccccc12. The second-order valence-electron chi connectivity index (χ2n) is 5.35. The maximum absolute atomic E-state index is 5.71. The first-order valence-electron chi connectivity index (χ1n) is 7.27. The molecular weight excluding hydrogens is 272 g/mol. The van der Waals surface area contributed by atoms with Crippen LogP contribution in [0.3, 0.4) is 0 Å². The predicted molar refractivity (Wildman–Crippen MR) is 90.2 cm³/mol. The maximum atomic E-state index is 5.71. The van der Waals surface area contributed by atoms with E-state index in [9.17, 15) is 0 Å². The Hall–Kier alpha value is -2.81. The molecule has 0 bridgehead atoms. The lowest BCUT2D eigenvalue weighted by atomic mass is 10.0. The molecule has 0 N–H and O–H groups in total. The first kappa shape index (κ1) is 12.9. The molecule has 0 aliphatic carbocycles.